The van der Waals surface area contributed by atoms with E-state index in [1.807, 2.05) is 7.05 Å². The lowest BCUT2D eigenvalue weighted by molar-refractivity contribution is 0.144. The fraction of sp³-hybridized carbons (Fsp3) is 0.462. The van der Waals surface area contributed by atoms with E-state index in [1.165, 1.54) is 10.5 Å². The fourth-order valence-corrected chi connectivity index (χ4v) is 4.01. The number of sulfonamides is 1. The van der Waals surface area contributed by atoms with Crippen molar-refractivity contribution in [2.45, 2.75) is 11.6 Å². The Kier molecular flexibility index (Phi) is 4.57. The van der Waals surface area contributed by atoms with Crippen molar-refractivity contribution in [3.8, 4) is 0 Å². The zero-order chi connectivity index (χ0) is 16.4. The second kappa shape index (κ2) is 6.48. The maximum atomic E-state index is 12.5. The first kappa shape index (κ1) is 16.2. The quantitative estimate of drug-likeness (QED) is 0.736. The van der Waals surface area contributed by atoms with Crippen molar-refractivity contribution >= 4 is 22.2 Å². The Balaban J connectivity index is 1.65. The molecule has 0 radical (unpaired) electrons. The largest absolute Gasteiger partial charge is 0.310 e. The zero-order valence-corrected chi connectivity index (χ0v) is 14.4. The Hall–Kier alpha value is -1.62. The van der Waals surface area contributed by atoms with Crippen molar-refractivity contribution in [1.29, 1.82) is 0 Å². The maximum absolute atomic E-state index is 12.5. The molecule has 1 fully saturated rings. The van der Waals surface area contributed by atoms with Crippen LogP contribution in [0.2, 0.25) is 0 Å². The second-order valence-electron chi connectivity index (χ2n) is 5.38. The summed E-state index contributed by atoms with van der Waals surface area (Å²) in [4.78, 5) is 6.26. The summed E-state index contributed by atoms with van der Waals surface area (Å²) in [6.45, 7) is 2.73. The molecule has 0 amide bonds. The van der Waals surface area contributed by atoms with Gasteiger partial charge in [0.15, 0.2) is 4.77 Å². The van der Waals surface area contributed by atoms with E-state index in [0.717, 1.165) is 0 Å². The second-order valence-corrected chi connectivity index (χ2v) is 7.68. The van der Waals surface area contributed by atoms with Gasteiger partial charge in [0.2, 0.25) is 10.0 Å². The van der Waals surface area contributed by atoms with Crippen molar-refractivity contribution in [1.82, 2.24) is 28.5 Å². The van der Waals surface area contributed by atoms with Crippen LogP contribution in [-0.4, -0.2) is 63.1 Å². The summed E-state index contributed by atoms with van der Waals surface area (Å²) in [5.41, 5.74) is 0. The van der Waals surface area contributed by atoms with Gasteiger partial charge in [-0.1, -0.05) is 0 Å². The van der Waals surface area contributed by atoms with Crippen LogP contribution in [0.1, 0.15) is 0 Å². The van der Waals surface area contributed by atoms with Gasteiger partial charge in [0.05, 0.1) is 6.67 Å². The summed E-state index contributed by atoms with van der Waals surface area (Å²) in [5, 5.41) is 4.22. The first-order chi connectivity index (χ1) is 11.0. The van der Waals surface area contributed by atoms with Gasteiger partial charge in [0.1, 0.15) is 11.2 Å². The first-order valence-electron chi connectivity index (χ1n) is 7.19. The highest BCUT2D eigenvalue weighted by molar-refractivity contribution is 7.89. The van der Waals surface area contributed by atoms with E-state index >= 15 is 0 Å². The molecule has 0 bridgehead atoms. The third kappa shape index (κ3) is 3.34. The van der Waals surface area contributed by atoms with Gasteiger partial charge in [0, 0.05) is 45.6 Å². The molecule has 0 aromatic carbocycles. The normalized spacial score (nSPS) is 17.4. The molecule has 2 aromatic rings. The zero-order valence-electron chi connectivity index (χ0n) is 12.7. The molecule has 0 N–H and O–H groups in total. The lowest BCUT2D eigenvalue weighted by Gasteiger charge is -2.33. The monoisotopic (exact) mass is 354 g/mol. The highest BCUT2D eigenvalue weighted by atomic mass is 32.2. The number of aromatic nitrogens is 4. The SMILES string of the molecule is Cn1cnn(CN2CCN(S(=O)(=O)c3cccnc3)CC2)c1=S. The molecule has 3 rings (SSSR count). The van der Waals surface area contributed by atoms with E-state index in [-0.39, 0.29) is 4.90 Å². The number of nitrogens with zero attached hydrogens (tertiary/aromatic N) is 6. The van der Waals surface area contributed by atoms with E-state index in [0.29, 0.717) is 37.6 Å². The van der Waals surface area contributed by atoms with E-state index in [2.05, 4.69) is 15.0 Å². The number of rotatable bonds is 4. The number of pyridine rings is 1. The van der Waals surface area contributed by atoms with Gasteiger partial charge in [-0.2, -0.15) is 9.40 Å². The molecular weight excluding hydrogens is 336 g/mol. The molecule has 124 valence electrons. The number of aryl methyl sites for hydroxylation is 1. The smallest absolute Gasteiger partial charge is 0.244 e. The van der Waals surface area contributed by atoms with Gasteiger partial charge in [0.25, 0.3) is 0 Å². The Morgan fingerprint density at radius 2 is 2.00 bits per heavy atom. The Bertz CT molecular complexity index is 822. The molecule has 1 aliphatic rings. The molecule has 1 saturated heterocycles. The van der Waals surface area contributed by atoms with E-state index in [1.54, 1.807) is 33.9 Å². The number of hydrogen-bond donors (Lipinski definition) is 0. The van der Waals surface area contributed by atoms with Gasteiger partial charge in [-0.05, 0) is 24.4 Å². The molecule has 2 aromatic heterocycles. The molecule has 0 atom stereocenters. The lowest BCUT2D eigenvalue weighted by Crippen LogP contribution is -2.48. The fourth-order valence-electron chi connectivity index (χ4n) is 2.47. The predicted molar refractivity (Wildman–Crippen MR) is 86.6 cm³/mol. The summed E-state index contributed by atoms with van der Waals surface area (Å²) in [6.07, 6.45) is 4.62. The Morgan fingerprint density at radius 3 is 2.57 bits per heavy atom. The molecule has 23 heavy (non-hydrogen) atoms. The summed E-state index contributed by atoms with van der Waals surface area (Å²) >= 11 is 5.26. The van der Waals surface area contributed by atoms with Gasteiger partial charge in [-0.15, -0.1) is 0 Å². The number of hydrogen-bond acceptors (Lipinski definition) is 6. The molecule has 0 saturated carbocycles. The van der Waals surface area contributed by atoms with Gasteiger partial charge in [-0.3, -0.25) is 9.88 Å². The summed E-state index contributed by atoms with van der Waals surface area (Å²) in [5.74, 6) is 0. The third-order valence-corrected chi connectivity index (χ3v) is 6.21. The lowest BCUT2D eigenvalue weighted by atomic mass is 10.4. The molecule has 0 aliphatic carbocycles. The van der Waals surface area contributed by atoms with E-state index < -0.39 is 10.0 Å². The van der Waals surface area contributed by atoms with Crippen LogP contribution in [0.15, 0.2) is 35.7 Å². The van der Waals surface area contributed by atoms with Crippen LogP contribution in [0.25, 0.3) is 0 Å². The molecule has 1 aliphatic heterocycles. The first-order valence-corrected chi connectivity index (χ1v) is 9.04. The van der Waals surface area contributed by atoms with Gasteiger partial charge >= 0.3 is 0 Å². The minimum atomic E-state index is -3.47. The summed E-state index contributed by atoms with van der Waals surface area (Å²) in [6, 6.07) is 3.20. The van der Waals surface area contributed by atoms with E-state index in [4.69, 9.17) is 12.2 Å². The van der Waals surface area contributed by atoms with Crippen molar-refractivity contribution < 1.29 is 8.42 Å². The van der Waals surface area contributed by atoms with Crippen LogP contribution >= 0.6 is 12.2 Å². The molecular formula is C13H18N6O2S2. The summed E-state index contributed by atoms with van der Waals surface area (Å²) in [7, 11) is -1.61. The molecule has 3 heterocycles. The average Bonchev–Trinajstić information content (AvgIpc) is 2.88. The molecule has 8 nitrogen and oxygen atoms in total. The van der Waals surface area contributed by atoms with Crippen molar-refractivity contribution in [2.75, 3.05) is 26.2 Å². The Labute approximate surface area is 140 Å². The highest BCUT2D eigenvalue weighted by Crippen LogP contribution is 2.16. The standard InChI is InChI=1S/C13H18N6O2S2/c1-16-10-15-19(13(16)22)11-17-5-7-18(8-6-17)23(20,21)12-3-2-4-14-9-12/h2-4,9-10H,5-8,11H2,1H3. The van der Waals surface area contributed by atoms with Gasteiger partial charge < -0.3 is 4.57 Å². The number of piperazine rings is 1. The Morgan fingerprint density at radius 1 is 1.26 bits per heavy atom. The molecule has 0 unspecified atom stereocenters. The average molecular weight is 354 g/mol. The van der Waals surface area contributed by atoms with Crippen LogP contribution in [0, 0.1) is 4.77 Å². The molecule has 0 spiro atoms. The van der Waals surface area contributed by atoms with Gasteiger partial charge in [-0.25, -0.2) is 13.1 Å². The highest BCUT2D eigenvalue weighted by Gasteiger charge is 2.28. The van der Waals surface area contributed by atoms with Crippen molar-refractivity contribution in [2.24, 2.45) is 7.05 Å². The van der Waals surface area contributed by atoms with Crippen LogP contribution in [0.3, 0.4) is 0 Å². The predicted octanol–water partition coefficient (Wildman–Crippen LogP) is 0.310. The van der Waals surface area contributed by atoms with E-state index in [9.17, 15) is 8.42 Å². The van der Waals surface area contributed by atoms with Crippen molar-refractivity contribution in [3.05, 3.63) is 35.6 Å². The minimum absolute atomic E-state index is 0.236. The summed E-state index contributed by atoms with van der Waals surface area (Å²) < 4.78 is 30.7. The maximum Gasteiger partial charge on any atom is 0.244 e. The van der Waals surface area contributed by atoms with Crippen LogP contribution in [0.5, 0.6) is 0 Å². The topological polar surface area (TPSA) is 76.3 Å². The van der Waals surface area contributed by atoms with Crippen molar-refractivity contribution in [3.63, 3.8) is 0 Å². The van der Waals surface area contributed by atoms with Crippen LogP contribution in [-0.2, 0) is 23.7 Å². The minimum Gasteiger partial charge on any atom is -0.310 e. The molecule has 10 heteroatoms. The van der Waals surface area contributed by atoms with Crippen LogP contribution < -0.4 is 0 Å². The van der Waals surface area contributed by atoms with Crippen LogP contribution in [0.4, 0.5) is 0 Å². The third-order valence-electron chi connectivity index (χ3n) is 3.82.